The number of H-pyrrole nitrogens is 1. The lowest BCUT2D eigenvalue weighted by Gasteiger charge is -2.35. The van der Waals surface area contributed by atoms with Gasteiger partial charge in [-0.1, -0.05) is 24.3 Å². The van der Waals surface area contributed by atoms with Crippen molar-refractivity contribution in [1.82, 2.24) is 19.9 Å². The molecule has 3 aromatic heterocycles. The van der Waals surface area contributed by atoms with Crippen molar-refractivity contribution in [2.45, 2.75) is 0 Å². The number of hydrogen-bond acceptors (Lipinski definition) is 7. The normalized spacial score (nSPS) is 13.8. The molecule has 1 aliphatic heterocycles. The molecule has 164 valence electrons. The molecule has 0 radical (unpaired) electrons. The first kappa shape index (κ1) is 20.5. The smallest absolute Gasteiger partial charge is 0.295 e. The van der Waals surface area contributed by atoms with Crippen LogP contribution in [0.25, 0.3) is 21.7 Å². The summed E-state index contributed by atoms with van der Waals surface area (Å²) in [5.41, 5.74) is 0.678. The van der Waals surface area contributed by atoms with Gasteiger partial charge in [0.15, 0.2) is 5.69 Å². The average molecular weight is 440 g/mol. The highest BCUT2D eigenvalue weighted by Gasteiger charge is 2.30. The maximum atomic E-state index is 13.1. The van der Waals surface area contributed by atoms with Crippen LogP contribution in [0.15, 0.2) is 48.9 Å². The van der Waals surface area contributed by atoms with E-state index < -0.39 is 11.7 Å². The molecule has 33 heavy (non-hydrogen) atoms. The Kier molecular flexibility index (Phi) is 5.11. The molecule has 5 rings (SSSR count). The highest BCUT2D eigenvalue weighted by Crippen LogP contribution is 2.30. The second-order valence-corrected chi connectivity index (χ2v) is 7.70. The molecule has 0 unspecified atom stereocenters. The van der Waals surface area contributed by atoms with E-state index in [9.17, 15) is 14.9 Å². The van der Waals surface area contributed by atoms with Crippen LogP contribution < -0.4 is 9.64 Å². The lowest BCUT2D eigenvalue weighted by atomic mass is 10.1. The molecule has 9 nitrogen and oxygen atoms in total. The number of anilines is 1. The maximum Gasteiger partial charge on any atom is 0.295 e. The molecule has 4 heterocycles. The SMILES string of the molecule is COc1cnc(C#N)c2[nH]cc(C(=O)C(=O)N3CCN(c4nccc5ccccc45)CC3)c12. The fourth-order valence-corrected chi connectivity index (χ4v) is 4.27. The predicted octanol–water partition coefficient (Wildman–Crippen LogP) is 2.52. The van der Waals surface area contributed by atoms with E-state index in [0.717, 1.165) is 16.6 Å². The number of nitrogens with one attached hydrogen (secondary N) is 1. The van der Waals surface area contributed by atoms with Crippen LogP contribution in [-0.4, -0.2) is 64.8 Å². The molecule has 0 bridgehead atoms. The summed E-state index contributed by atoms with van der Waals surface area (Å²) in [7, 11) is 1.45. The van der Waals surface area contributed by atoms with Gasteiger partial charge >= 0.3 is 0 Å². The molecule has 1 fully saturated rings. The van der Waals surface area contributed by atoms with E-state index in [-0.39, 0.29) is 11.3 Å². The van der Waals surface area contributed by atoms with Gasteiger partial charge in [0.2, 0.25) is 0 Å². The second-order valence-electron chi connectivity index (χ2n) is 7.70. The van der Waals surface area contributed by atoms with Gasteiger partial charge in [0.05, 0.1) is 29.8 Å². The van der Waals surface area contributed by atoms with E-state index >= 15 is 0 Å². The third-order valence-electron chi connectivity index (χ3n) is 5.96. The molecule has 1 amide bonds. The van der Waals surface area contributed by atoms with Crippen molar-refractivity contribution in [3.8, 4) is 11.8 Å². The molecule has 0 saturated carbocycles. The highest BCUT2D eigenvalue weighted by atomic mass is 16.5. The van der Waals surface area contributed by atoms with Gasteiger partial charge < -0.3 is 19.5 Å². The summed E-state index contributed by atoms with van der Waals surface area (Å²) in [4.78, 5) is 41.3. The number of amides is 1. The summed E-state index contributed by atoms with van der Waals surface area (Å²) < 4.78 is 5.32. The molecule has 1 aliphatic rings. The number of methoxy groups -OCH3 is 1. The van der Waals surface area contributed by atoms with Crippen LogP contribution in [0.3, 0.4) is 0 Å². The van der Waals surface area contributed by atoms with Crippen molar-refractivity contribution < 1.29 is 14.3 Å². The summed E-state index contributed by atoms with van der Waals surface area (Å²) in [6.45, 7) is 1.94. The summed E-state index contributed by atoms with van der Waals surface area (Å²) >= 11 is 0. The van der Waals surface area contributed by atoms with E-state index in [1.807, 2.05) is 36.4 Å². The van der Waals surface area contributed by atoms with Crippen LogP contribution in [0, 0.1) is 11.3 Å². The van der Waals surface area contributed by atoms with Gasteiger partial charge in [-0.15, -0.1) is 0 Å². The summed E-state index contributed by atoms with van der Waals surface area (Å²) in [5, 5.41) is 11.9. The lowest BCUT2D eigenvalue weighted by molar-refractivity contribution is -0.126. The second kappa shape index (κ2) is 8.24. The largest absolute Gasteiger partial charge is 0.494 e. The minimum atomic E-state index is -0.647. The first-order valence-electron chi connectivity index (χ1n) is 10.5. The van der Waals surface area contributed by atoms with Crippen LogP contribution >= 0.6 is 0 Å². The monoisotopic (exact) mass is 440 g/mol. The summed E-state index contributed by atoms with van der Waals surface area (Å²) in [6, 6.07) is 12.0. The number of pyridine rings is 2. The van der Waals surface area contributed by atoms with Crippen molar-refractivity contribution in [1.29, 1.82) is 5.26 Å². The van der Waals surface area contributed by atoms with Gasteiger partial charge in [0.25, 0.3) is 11.7 Å². The van der Waals surface area contributed by atoms with E-state index in [2.05, 4.69) is 19.9 Å². The number of rotatable bonds is 4. The van der Waals surface area contributed by atoms with Gasteiger partial charge in [0, 0.05) is 44.0 Å². The van der Waals surface area contributed by atoms with Gasteiger partial charge in [-0.25, -0.2) is 9.97 Å². The Morgan fingerprint density at radius 2 is 1.91 bits per heavy atom. The number of nitrogens with zero attached hydrogens (tertiary/aromatic N) is 5. The number of Topliss-reactive ketones (excluding diaryl/α,β-unsaturated/α-hetero) is 1. The van der Waals surface area contributed by atoms with E-state index in [1.54, 1.807) is 11.1 Å². The molecule has 0 aliphatic carbocycles. The number of nitriles is 1. The number of benzene rings is 1. The van der Waals surface area contributed by atoms with Crippen LogP contribution in [0.1, 0.15) is 16.1 Å². The standard InChI is InChI=1S/C24H20N6O3/c1-33-19-14-27-18(12-25)21-20(19)17(13-28-21)22(31)24(32)30-10-8-29(9-11-30)23-16-5-3-2-4-15(16)6-7-26-23/h2-7,13-14,28H,8-11H2,1H3. The molecule has 0 atom stereocenters. The van der Waals surface area contributed by atoms with Gasteiger partial charge in [-0.3, -0.25) is 9.59 Å². The molecule has 1 N–H and O–H groups in total. The van der Waals surface area contributed by atoms with Crippen molar-refractivity contribution >= 4 is 39.2 Å². The Balaban J connectivity index is 1.37. The molecule has 4 aromatic rings. The first-order valence-corrected chi connectivity index (χ1v) is 10.5. The number of aromatic amines is 1. The van der Waals surface area contributed by atoms with Gasteiger partial charge in [-0.05, 0) is 11.5 Å². The highest BCUT2D eigenvalue weighted by molar-refractivity contribution is 6.45. The minimum absolute atomic E-state index is 0.133. The van der Waals surface area contributed by atoms with E-state index in [4.69, 9.17) is 4.74 Å². The predicted molar refractivity (Wildman–Crippen MR) is 122 cm³/mol. The average Bonchev–Trinajstić information content (AvgIpc) is 3.32. The van der Waals surface area contributed by atoms with Gasteiger partial charge in [-0.2, -0.15) is 5.26 Å². The van der Waals surface area contributed by atoms with Gasteiger partial charge in [0.1, 0.15) is 17.6 Å². The van der Waals surface area contributed by atoms with Crippen molar-refractivity contribution in [2.24, 2.45) is 0 Å². The Hall–Kier alpha value is -4.45. The minimum Gasteiger partial charge on any atom is -0.494 e. The fourth-order valence-electron chi connectivity index (χ4n) is 4.27. The van der Waals surface area contributed by atoms with Crippen LogP contribution in [-0.2, 0) is 4.79 Å². The Morgan fingerprint density at radius 1 is 1.12 bits per heavy atom. The van der Waals surface area contributed by atoms with Crippen LogP contribution in [0.2, 0.25) is 0 Å². The fraction of sp³-hybridized carbons (Fsp3) is 0.208. The summed E-state index contributed by atoms with van der Waals surface area (Å²) in [6.07, 6.45) is 4.60. The topological polar surface area (TPSA) is 115 Å². The van der Waals surface area contributed by atoms with Crippen molar-refractivity contribution in [3.63, 3.8) is 0 Å². The number of piperazine rings is 1. The molecular weight excluding hydrogens is 420 g/mol. The zero-order valence-electron chi connectivity index (χ0n) is 17.9. The first-order chi connectivity index (χ1) is 16.1. The lowest BCUT2D eigenvalue weighted by Crippen LogP contribution is -2.50. The van der Waals surface area contributed by atoms with Crippen molar-refractivity contribution in [3.05, 3.63) is 60.2 Å². The number of carbonyl (C=O) groups excluding carboxylic acids is 2. The maximum absolute atomic E-state index is 13.1. The number of ketones is 1. The Labute approximate surface area is 189 Å². The van der Waals surface area contributed by atoms with Crippen LogP contribution in [0.5, 0.6) is 5.75 Å². The Morgan fingerprint density at radius 3 is 2.67 bits per heavy atom. The molecule has 0 spiro atoms. The van der Waals surface area contributed by atoms with Crippen LogP contribution in [0.4, 0.5) is 5.82 Å². The van der Waals surface area contributed by atoms with E-state index in [0.29, 0.717) is 42.8 Å². The third-order valence-corrected chi connectivity index (χ3v) is 5.96. The number of hydrogen-bond donors (Lipinski definition) is 1. The molecule has 9 heteroatoms. The number of fused-ring (bicyclic) bond motifs is 2. The number of carbonyl (C=O) groups is 2. The molecular formula is C24H20N6O3. The number of ether oxygens (including phenoxy) is 1. The van der Waals surface area contributed by atoms with Crippen molar-refractivity contribution in [2.75, 3.05) is 38.2 Å². The Bertz CT molecular complexity index is 1420. The molecule has 1 saturated heterocycles. The zero-order chi connectivity index (χ0) is 22.9. The zero-order valence-corrected chi connectivity index (χ0v) is 17.9. The summed E-state index contributed by atoms with van der Waals surface area (Å²) in [5.74, 6) is -0.0251. The third kappa shape index (κ3) is 3.42. The quantitative estimate of drug-likeness (QED) is 0.383. The molecule has 1 aromatic carbocycles. The van der Waals surface area contributed by atoms with E-state index in [1.165, 1.54) is 19.5 Å². The number of aromatic nitrogens is 3.